The van der Waals surface area contributed by atoms with Crippen LogP contribution in [-0.4, -0.2) is 52.7 Å². The zero-order valence-electron chi connectivity index (χ0n) is 11.5. The molecule has 3 amide bonds. The van der Waals surface area contributed by atoms with E-state index in [9.17, 15) is 19.2 Å². The molecule has 0 bridgehead atoms. The molecule has 0 spiro atoms. The van der Waals surface area contributed by atoms with Crippen LogP contribution in [-0.2, 0) is 19.2 Å². The van der Waals surface area contributed by atoms with Crippen LogP contribution < -0.4 is 22.1 Å². The van der Waals surface area contributed by atoms with Crippen LogP contribution >= 0.6 is 12.6 Å². The lowest BCUT2D eigenvalue weighted by Gasteiger charge is -2.19. The monoisotopic (exact) mass is 320 g/mol. The molecule has 0 radical (unpaired) electrons. The summed E-state index contributed by atoms with van der Waals surface area (Å²) in [5.74, 6) is -3.13. The Labute approximate surface area is 127 Å². The van der Waals surface area contributed by atoms with E-state index >= 15 is 0 Å². The van der Waals surface area contributed by atoms with Gasteiger partial charge >= 0.3 is 5.97 Å². The summed E-state index contributed by atoms with van der Waals surface area (Å²) in [5.41, 5.74) is 10.4. The lowest BCUT2D eigenvalue weighted by Crippen LogP contribution is -2.53. The summed E-state index contributed by atoms with van der Waals surface area (Å²) in [6.45, 7) is 1.38. The summed E-state index contributed by atoms with van der Waals surface area (Å²) in [4.78, 5) is 44.9. The smallest absolute Gasteiger partial charge is 0.326 e. The molecule has 3 atom stereocenters. The van der Waals surface area contributed by atoms with Gasteiger partial charge in [0.2, 0.25) is 17.7 Å². The first-order valence-corrected chi connectivity index (χ1v) is 6.80. The molecule has 9 nitrogen and oxygen atoms in total. The average molecular weight is 320 g/mol. The minimum atomic E-state index is -1.30. The predicted molar refractivity (Wildman–Crippen MR) is 77.4 cm³/mol. The van der Waals surface area contributed by atoms with Crippen LogP contribution in [0, 0.1) is 0 Å². The molecule has 0 aliphatic carbocycles. The van der Waals surface area contributed by atoms with Gasteiger partial charge in [0.1, 0.15) is 12.1 Å². The number of nitrogens with two attached hydrogens (primary N) is 2. The maximum atomic E-state index is 11.8. The van der Waals surface area contributed by atoms with Gasteiger partial charge in [0.05, 0.1) is 6.04 Å². The number of thiol groups is 1. The number of nitrogens with one attached hydrogen (secondary N) is 2. The highest BCUT2D eigenvalue weighted by molar-refractivity contribution is 7.80. The highest BCUT2D eigenvalue weighted by Gasteiger charge is 2.25. The molecule has 7 N–H and O–H groups in total. The molecule has 0 saturated carbocycles. The highest BCUT2D eigenvalue weighted by Crippen LogP contribution is 1.98. The van der Waals surface area contributed by atoms with Crippen LogP contribution in [0.4, 0.5) is 0 Å². The van der Waals surface area contributed by atoms with E-state index in [0.29, 0.717) is 0 Å². The number of aliphatic carboxylic acids is 1. The second-order valence-electron chi connectivity index (χ2n) is 4.42. The normalized spacial score (nSPS) is 14.6. The third-order valence-corrected chi connectivity index (χ3v) is 2.97. The highest BCUT2D eigenvalue weighted by atomic mass is 32.1. The largest absolute Gasteiger partial charge is 0.480 e. The number of carbonyl (C=O) groups excluding carboxylic acids is 3. The van der Waals surface area contributed by atoms with E-state index in [1.165, 1.54) is 6.92 Å². The van der Waals surface area contributed by atoms with Crippen molar-refractivity contribution >= 4 is 36.3 Å². The van der Waals surface area contributed by atoms with E-state index in [4.69, 9.17) is 16.6 Å². The standard InChI is InChI=1S/C11H20N4O5S/c1-5(14-10(18)6(12)4-21)9(17)15-7(11(19)20)2-3-8(13)16/h5-7,21H,2-4,12H2,1H3,(H2,13,16)(H,14,18)(H,15,17)(H,19,20)/t5-,6-,7-/m0/s1. The Morgan fingerprint density at radius 2 is 1.76 bits per heavy atom. The van der Waals surface area contributed by atoms with Crippen molar-refractivity contribution in [3.8, 4) is 0 Å². The third kappa shape index (κ3) is 7.51. The van der Waals surface area contributed by atoms with Gasteiger partial charge in [0, 0.05) is 12.2 Å². The molecule has 120 valence electrons. The van der Waals surface area contributed by atoms with Gasteiger partial charge < -0.3 is 27.2 Å². The van der Waals surface area contributed by atoms with Gasteiger partial charge in [-0.1, -0.05) is 0 Å². The quantitative estimate of drug-likeness (QED) is 0.259. The number of carboxylic acid groups (broad SMARTS) is 1. The van der Waals surface area contributed by atoms with Crippen molar-refractivity contribution in [2.24, 2.45) is 11.5 Å². The zero-order chi connectivity index (χ0) is 16.6. The van der Waals surface area contributed by atoms with Crippen molar-refractivity contribution in [2.45, 2.75) is 37.9 Å². The first-order chi connectivity index (χ1) is 9.68. The fraction of sp³-hybridized carbons (Fsp3) is 0.636. The van der Waals surface area contributed by atoms with E-state index in [0.717, 1.165) is 0 Å². The Balaban J connectivity index is 4.50. The topological polar surface area (TPSA) is 165 Å². The molecule has 0 heterocycles. The summed E-state index contributed by atoms with van der Waals surface area (Å²) in [6, 6.07) is -3.10. The Morgan fingerprint density at radius 1 is 1.19 bits per heavy atom. The summed E-state index contributed by atoms with van der Waals surface area (Å²) in [5, 5.41) is 13.5. The summed E-state index contributed by atoms with van der Waals surface area (Å²) in [6.07, 6.45) is -0.310. The van der Waals surface area contributed by atoms with Crippen LogP contribution in [0.3, 0.4) is 0 Å². The molecule has 21 heavy (non-hydrogen) atoms. The molecule has 0 aromatic rings. The molecule has 0 rings (SSSR count). The van der Waals surface area contributed by atoms with Gasteiger partial charge in [-0.15, -0.1) is 0 Å². The lowest BCUT2D eigenvalue weighted by molar-refractivity contribution is -0.142. The first-order valence-electron chi connectivity index (χ1n) is 6.17. The SMILES string of the molecule is C[C@H](NC(=O)[C@@H](N)CS)C(=O)N[C@@H](CCC(N)=O)C(=O)O. The predicted octanol–water partition coefficient (Wildman–Crippen LogP) is -2.42. The number of carboxylic acids is 1. The van der Waals surface area contributed by atoms with Crippen molar-refractivity contribution in [1.29, 1.82) is 0 Å². The number of hydrogen-bond acceptors (Lipinski definition) is 6. The summed E-state index contributed by atoms with van der Waals surface area (Å²) >= 11 is 3.85. The second-order valence-corrected chi connectivity index (χ2v) is 4.79. The minimum Gasteiger partial charge on any atom is -0.480 e. The first kappa shape index (κ1) is 19.2. The number of carbonyl (C=O) groups is 4. The summed E-state index contributed by atoms with van der Waals surface area (Å²) < 4.78 is 0. The van der Waals surface area contributed by atoms with Gasteiger partial charge in [0.15, 0.2) is 0 Å². The zero-order valence-corrected chi connectivity index (χ0v) is 12.4. The van der Waals surface area contributed by atoms with E-state index in [-0.39, 0.29) is 18.6 Å². The molecule has 0 aliphatic rings. The Hall–Kier alpha value is -1.81. The van der Waals surface area contributed by atoms with Crippen molar-refractivity contribution in [3.63, 3.8) is 0 Å². The van der Waals surface area contributed by atoms with Crippen LogP contribution in [0.5, 0.6) is 0 Å². The Kier molecular flexibility index (Phi) is 8.39. The maximum Gasteiger partial charge on any atom is 0.326 e. The molecule has 0 fully saturated rings. The van der Waals surface area contributed by atoms with Crippen LogP contribution in [0.2, 0.25) is 0 Å². The van der Waals surface area contributed by atoms with Gasteiger partial charge in [-0.2, -0.15) is 12.6 Å². The Morgan fingerprint density at radius 3 is 2.19 bits per heavy atom. The minimum absolute atomic E-state index is 0.108. The number of rotatable bonds is 9. The third-order valence-electron chi connectivity index (χ3n) is 2.58. The number of primary amides is 1. The van der Waals surface area contributed by atoms with E-state index in [1.54, 1.807) is 0 Å². The number of amides is 3. The molecule has 0 saturated heterocycles. The second kappa shape index (κ2) is 9.19. The van der Waals surface area contributed by atoms with Crippen molar-refractivity contribution in [2.75, 3.05) is 5.75 Å². The molecule has 0 aliphatic heterocycles. The molecule has 0 aromatic heterocycles. The Bertz CT molecular complexity index is 417. The van der Waals surface area contributed by atoms with Gasteiger partial charge in [-0.05, 0) is 13.3 Å². The molecule has 0 unspecified atom stereocenters. The van der Waals surface area contributed by atoms with Gasteiger partial charge in [0.25, 0.3) is 0 Å². The molecular weight excluding hydrogens is 300 g/mol. The van der Waals surface area contributed by atoms with Gasteiger partial charge in [-0.3, -0.25) is 14.4 Å². The van der Waals surface area contributed by atoms with Crippen LogP contribution in [0.25, 0.3) is 0 Å². The number of hydrogen-bond donors (Lipinski definition) is 6. The average Bonchev–Trinajstić information content (AvgIpc) is 2.41. The van der Waals surface area contributed by atoms with Crippen molar-refractivity contribution in [3.05, 3.63) is 0 Å². The fourth-order valence-corrected chi connectivity index (χ4v) is 1.48. The van der Waals surface area contributed by atoms with E-state index in [1.807, 2.05) is 0 Å². The molecular formula is C11H20N4O5S. The van der Waals surface area contributed by atoms with Crippen molar-refractivity contribution in [1.82, 2.24) is 10.6 Å². The van der Waals surface area contributed by atoms with Crippen molar-refractivity contribution < 1.29 is 24.3 Å². The van der Waals surface area contributed by atoms with Crippen LogP contribution in [0.1, 0.15) is 19.8 Å². The van der Waals surface area contributed by atoms with Crippen LogP contribution in [0.15, 0.2) is 0 Å². The van der Waals surface area contributed by atoms with Gasteiger partial charge in [-0.25, -0.2) is 4.79 Å². The summed E-state index contributed by atoms with van der Waals surface area (Å²) in [7, 11) is 0. The van der Waals surface area contributed by atoms with E-state index in [2.05, 4.69) is 23.3 Å². The molecule has 10 heteroatoms. The fourth-order valence-electron chi connectivity index (χ4n) is 1.31. The van der Waals surface area contributed by atoms with E-state index < -0.39 is 41.8 Å². The maximum absolute atomic E-state index is 11.8. The molecule has 0 aromatic carbocycles. The lowest BCUT2D eigenvalue weighted by atomic mass is 10.1.